The minimum atomic E-state index is 1.22. The van der Waals surface area contributed by atoms with Gasteiger partial charge in [-0.25, -0.2) is 0 Å². The summed E-state index contributed by atoms with van der Waals surface area (Å²) in [5, 5.41) is 20.6. The lowest BCUT2D eigenvalue weighted by Crippen LogP contribution is -1.86. The van der Waals surface area contributed by atoms with Gasteiger partial charge >= 0.3 is 0 Å². The summed E-state index contributed by atoms with van der Waals surface area (Å²) in [6, 6.07) is 76.7. The Balaban J connectivity index is 0.973. The quantitative estimate of drug-likeness (QED) is 0.160. The van der Waals surface area contributed by atoms with Gasteiger partial charge in [0.25, 0.3) is 0 Å². The van der Waals surface area contributed by atoms with Gasteiger partial charge in [0.2, 0.25) is 0 Å². The Labute approximate surface area is 324 Å². The van der Waals surface area contributed by atoms with Crippen LogP contribution in [0, 0.1) is 0 Å². The molecular formula is C56H34. The molecule has 0 fully saturated rings. The topological polar surface area (TPSA) is 0 Å². The highest BCUT2D eigenvalue weighted by Gasteiger charge is 2.13. The van der Waals surface area contributed by atoms with Gasteiger partial charge in [-0.15, -0.1) is 0 Å². The van der Waals surface area contributed by atoms with Crippen molar-refractivity contribution in [3.8, 4) is 33.4 Å². The molecule has 0 saturated carbocycles. The number of fused-ring (bicyclic) bond motifs is 14. The Kier molecular flexibility index (Phi) is 6.73. The fourth-order valence-electron chi connectivity index (χ4n) is 9.37. The highest BCUT2D eigenvalue weighted by molar-refractivity contribution is 6.26. The molecular weight excluding hydrogens is 673 g/mol. The summed E-state index contributed by atoms with van der Waals surface area (Å²) in [5.41, 5.74) is 7.37. The van der Waals surface area contributed by atoms with Crippen LogP contribution in [0.15, 0.2) is 206 Å². The molecule has 0 nitrogen and oxygen atoms in total. The molecule has 0 heteroatoms. The van der Waals surface area contributed by atoms with Crippen molar-refractivity contribution in [3.05, 3.63) is 206 Å². The molecule has 0 heterocycles. The van der Waals surface area contributed by atoms with Gasteiger partial charge in [0, 0.05) is 0 Å². The van der Waals surface area contributed by atoms with Crippen molar-refractivity contribution in [2.45, 2.75) is 0 Å². The maximum Gasteiger partial charge on any atom is -0.00928 e. The van der Waals surface area contributed by atoms with E-state index in [0.717, 1.165) is 0 Å². The van der Waals surface area contributed by atoms with Crippen LogP contribution in [0.3, 0.4) is 0 Å². The van der Waals surface area contributed by atoms with E-state index < -0.39 is 0 Å². The first-order valence-electron chi connectivity index (χ1n) is 19.5. The lowest BCUT2D eigenvalue weighted by molar-refractivity contribution is 1.62. The van der Waals surface area contributed by atoms with Gasteiger partial charge in [-0.1, -0.05) is 176 Å². The van der Waals surface area contributed by atoms with Crippen LogP contribution < -0.4 is 0 Å². The van der Waals surface area contributed by atoms with Crippen LogP contribution in [0.1, 0.15) is 0 Å². The van der Waals surface area contributed by atoms with E-state index in [1.807, 2.05) is 0 Å². The summed E-state index contributed by atoms with van der Waals surface area (Å²) < 4.78 is 0. The van der Waals surface area contributed by atoms with Gasteiger partial charge in [0.1, 0.15) is 0 Å². The predicted molar refractivity (Wildman–Crippen MR) is 243 cm³/mol. The number of hydrogen-bond donors (Lipinski definition) is 0. The molecule has 56 heavy (non-hydrogen) atoms. The second kappa shape index (κ2) is 12.1. The zero-order chi connectivity index (χ0) is 36.7. The Morgan fingerprint density at radius 2 is 0.429 bits per heavy atom. The molecule has 0 aliphatic heterocycles. The van der Waals surface area contributed by atoms with E-state index in [2.05, 4.69) is 206 Å². The molecule has 0 bridgehead atoms. The highest BCUT2D eigenvalue weighted by atomic mass is 14.2. The number of benzene rings is 12. The summed E-state index contributed by atoms with van der Waals surface area (Å²) in [6.07, 6.45) is 0. The molecule has 0 spiro atoms. The Hall–Kier alpha value is -7.28. The van der Waals surface area contributed by atoms with Crippen molar-refractivity contribution in [1.29, 1.82) is 0 Å². The van der Waals surface area contributed by atoms with Gasteiger partial charge in [-0.3, -0.25) is 0 Å². The smallest absolute Gasteiger partial charge is 0.00928 e. The molecule has 0 aromatic heterocycles. The molecule has 0 radical (unpaired) electrons. The Bertz CT molecular complexity index is 3550. The van der Waals surface area contributed by atoms with E-state index in [4.69, 9.17) is 0 Å². The molecule has 0 unspecified atom stereocenters. The van der Waals surface area contributed by atoms with Crippen LogP contribution in [0.25, 0.3) is 120 Å². The van der Waals surface area contributed by atoms with E-state index in [-0.39, 0.29) is 0 Å². The third-order valence-corrected chi connectivity index (χ3v) is 12.2. The zero-order valence-corrected chi connectivity index (χ0v) is 30.6. The first kappa shape index (κ1) is 31.1. The SMILES string of the molecule is c1cc(-c2ccc3ccc4ccccc4c3c2)cc(-c2ccc3ccc4c5cc(-c6ccc7c8ccccc8c8ccccc8c7c6)ccc5ccc4c3c2)c1. The lowest BCUT2D eigenvalue weighted by Gasteiger charge is -2.13. The van der Waals surface area contributed by atoms with Crippen molar-refractivity contribution < 1.29 is 0 Å². The van der Waals surface area contributed by atoms with E-state index in [0.29, 0.717) is 0 Å². The third-order valence-electron chi connectivity index (χ3n) is 12.2. The van der Waals surface area contributed by atoms with Crippen molar-refractivity contribution in [2.24, 2.45) is 0 Å². The van der Waals surface area contributed by atoms with Gasteiger partial charge < -0.3 is 0 Å². The maximum atomic E-state index is 2.40. The van der Waals surface area contributed by atoms with Crippen molar-refractivity contribution in [2.75, 3.05) is 0 Å². The van der Waals surface area contributed by atoms with Crippen molar-refractivity contribution in [1.82, 2.24) is 0 Å². The maximum absolute atomic E-state index is 2.40. The van der Waals surface area contributed by atoms with Gasteiger partial charge in [-0.05, 0) is 150 Å². The fraction of sp³-hybridized carbons (Fsp3) is 0. The fourth-order valence-corrected chi connectivity index (χ4v) is 9.37. The molecule has 12 aromatic carbocycles. The number of rotatable bonds is 3. The molecule has 0 saturated heterocycles. The predicted octanol–water partition coefficient (Wildman–Crippen LogP) is 15.9. The molecule has 0 amide bonds. The summed E-state index contributed by atoms with van der Waals surface area (Å²) in [6.45, 7) is 0. The first-order chi connectivity index (χ1) is 27.7. The van der Waals surface area contributed by atoms with Crippen LogP contribution in [0.5, 0.6) is 0 Å². The average molecular weight is 707 g/mol. The van der Waals surface area contributed by atoms with Crippen LogP contribution in [-0.2, 0) is 0 Å². The summed E-state index contributed by atoms with van der Waals surface area (Å²) >= 11 is 0. The summed E-state index contributed by atoms with van der Waals surface area (Å²) in [7, 11) is 0. The first-order valence-corrected chi connectivity index (χ1v) is 19.5. The highest BCUT2D eigenvalue weighted by Crippen LogP contribution is 2.40. The van der Waals surface area contributed by atoms with Crippen LogP contribution >= 0.6 is 0 Å². The Morgan fingerprint density at radius 3 is 0.946 bits per heavy atom. The van der Waals surface area contributed by atoms with Gasteiger partial charge in [0.05, 0.1) is 0 Å². The standard InChI is InChI=1S/C56H34/c1-2-11-45-35(8-1)16-17-36-18-21-41(31-53(36)45)39-9-7-10-40(30-39)42-22-19-37-24-28-51-50(54(37)32-42)27-25-38-20-23-43(33-55(38)51)44-26-29-52-48-14-4-3-12-46(48)47-13-5-6-15-49(47)56(52)34-44/h1-34H. The molecule has 258 valence electrons. The Morgan fingerprint density at radius 1 is 0.143 bits per heavy atom. The third kappa shape index (κ3) is 4.79. The molecule has 0 aliphatic carbocycles. The monoisotopic (exact) mass is 706 g/mol. The normalized spacial score (nSPS) is 11.9. The average Bonchev–Trinajstić information content (AvgIpc) is 3.28. The van der Waals surface area contributed by atoms with E-state index >= 15 is 0 Å². The molecule has 12 rings (SSSR count). The van der Waals surface area contributed by atoms with Crippen molar-refractivity contribution in [3.63, 3.8) is 0 Å². The van der Waals surface area contributed by atoms with E-state index in [9.17, 15) is 0 Å². The summed E-state index contributed by atoms with van der Waals surface area (Å²) in [4.78, 5) is 0. The second-order valence-electron chi connectivity index (χ2n) is 15.3. The second-order valence-corrected chi connectivity index (χ2v) is 15.3. The largest absolute Gasteiger partial charge is 0.0616 e. The molecule has 12 aromatic rings. The lowest BCUT2D eigenvalue weighted by atomic mass is 9.90. The van der Waals surface area contributed by atoms with Crippen LogP contribution in [-0.4, -0.2) is 0 Å². The zero-order valence-electron chi connectivity index (χ0n) is 30.6. The van der Waals surface area contributed by atoms with Gasteiger partial charge in [-0.2, -0.15) is 0 Å². The van der Waals surface area contributed by atoms with Gasteiger partial charge in [0.15, 0.2) is 0 Å². The molecule has 0 N–H and O–H groups in total. The molecule has 0 aliphatic rings. The van der Waals surface area contributed by atoms with Crippen molar-refractivity contribution >= 4 is 86.2 Å². The minimum Gasteiger partial charge on any atom is -0.0616 e. The van der Waals surface area contributed by atoms with Crippen LogP contribution in [0.2, 0.25) is 0 Å². The summed E-state index contributed by atoms with van der Waals surface area (Å²) in [5.74, 6) is 0. The van der Waals surface area contributed by atoms with E-state index in [1.54, 1.807) is 0 Å². The molecule has 0 atom stereocenters. The number of hydrogen-bond acceptors (Lipinski definition) is 0. The van der Waals surface area contributed by atoms with Crippen LogP contribution in [0.4, 0.5) is 0 Å². The van der Waals surface area contributed by atoms with E-state index in [1.165, 1.54) is 120 Å². The minimum absolute atomic E-state index is 1.22.